The molecule has 0 saturated carbocycles. The van der Waals surface area contributed by atoms with E-state index < -0.39 is 17.7 Å². The topological polar surface area (TPSA) is 89.0 Å². The van der Waals surface area contributed by atoms with Crippen molar-refractivity contribution in [2.24, 2.45) is 0 Å². The number of hydrogen-bond acceptors (Lipinski definition) is 6. The smallest absolute Gasteiger partial charge is 0.296 e. The lowest BCUT2D eigenvalue weighted by atomic mass is 9.85. The van der Waals surface area contributed by atoms with Crippen LogP contribution in [0.15, 0.2) is 103 Å². The fourth-order valence-corrected chi connectivity index (χ4v) is 4.93. The molecule has 0 radical (unpaired) electrons. The molecule has 0 aliphatic carbocycles. The van der Waals surface area contributed by atoms with Gasteiger partial charge in [-0.15, -0.1) is 0 Å². The van der Waals surface area contributed by atoms with Gasteiger partial charge in [-0.3, -0.25) is 14.6 Å². The van der Waals surface area contributed by atoms with Crippen molar-refractivity contribution in [2.45, 2.75) is 38.8 Å². The average molecular weight is 549 g/mol. The van der Waals surface area contributed by atoms with Gasteiger partial charge < -0.3 is 19.5 Å². The molecule has 0 bridgehead atoms. The van der Waals surface area contributed by atoms with Crippen LogP contribution in [0, 0.1) is 0 Å². The molecule has 0 spiro atoms. The number of pyridine rings is 1. The van der Waals surface area contributed by atoms with Crippen LogP contribution in [0.4, 0.5) is 0 Å². The lowest BCUT2D eigenvalue weighted by Crippen LogP contribution is -2.29. The Bertz CT molecular complexity index is 1610. The summed E-state index contributed by atoms with van der Waals surface area (Å²) in [6, 6.07) is 26.6. The van der Waals surface area contributed by atoms with E-state index in [2.05, 4.69) is 25.8 Å². The predicted octanol–water partition coefficient (Wildman–Crippen LogP) is 6.80. The number of aliphatic hydroxyl groups is 1. The molecule has 1 unspecified atom stereocenters. The molecule has 5 rings (SSSR count). The average Bonchev–Trinajstić information content (AvgIpc) is 3.22. The highest BCUT2D eigenvalue weighted by Crippen LogP contribution is 2.43. The Morgan fingerprint density at radius 3 is 2.32 bits per heavy atom. The molecule has 41 heavy (non-hydrogen) atoms. The summed E-state index contributed by atoms with van der Waals surface area (Å²) in [5.74, 6) is -0.218. The molecule has 1 amide bonds. The molecule has 1 saturated heterocycles. The van der Waals surface area contributed by atoms with Crippen molar-refractivity contribution in [3.05, 3.63) is 125 Å². The summed E-state index contributed by atoms with van der Waals surface area (Å²) in [5, 5.41) is 11.8. The zero-order valence-corrected chi connectivity index (χ0v) is 23.5. The van der Waals surface area contributed by atoms with Crippen molar-refractivity contribution in [3.8, 4) is 17.2 Å². The van der Waals surface area contributed by atoms with Crippen molar-refractivity contribution in [1.29, 1.82) is 0 Å². The molecule has 208 valence electrons. The Morgan fingerprint density at radius 2 is 1.63 bits per heavy atom. The van der Waals surface area contributed by atoms with Gasteiger partial charge in [0, 0.05) is 6.20 Å². The second kappa shape index (κ2) is 11.3. The molecule has 1 aliphatic rings. The summed E-state index contributed by atoms with van der Waals surface area (Å²) < 4.78 is 11.6. The molecule has 7 nitrogen and oxygen atoms in total. The summed E-state index contributed by atoms with van der Waals surface area (Å²) in [6.45, 7) is 6.25. The molecule has 4 aromatic rings. The van der Waals surface area contributed by atoms with Crippen LogP contribution >= 0.6 is 0 Å². The van der Waals surface area contributed by atoms with E-state index in [1.54, 1.807) is 42.6 Å². The van der Waals surface area contributed by atoms with Gasteiger partial charge in [0.15, 0.2) is 0 Å². The quantitative estimate of drug-likeness (QED) is 0.155. The fraction of sp³-hybridized carbons (Fsp3) is 0.206. The first-order valence-corrected chi connectivity index (χ1v) is 13.4. The Morgan fingerprint density at radius 1 is 0.902 bits per heavy atom. The third-order valence-electron chi connectivity index (χ3n) is 7.07. The van der Waals surface area contributed by atoms with Crippen molar-refractivity contribution in [2.75, 3.05) is 7.11 Å². The van der Waals surface area contributed by atoms with Crippen molar-refractivity contribution >= 4 is 17.4 Å². The SMILES string of the molecule is COc1ccc(C(C)(C)C)cc1/C(O)=C1\C(=O)C(=O)N(Cc2ccccn2)C1c1cccc(Oc2ccccc2)c1. The van der Waals surface area contributed by atoms with E-state index in [1.807, 2.05) is 54.6 Å². The van der Waals surface area contributed by atoms with Crippen LogP contribution < -0.4 is 9.47 Å². The summed E-state index contributed by atoms with van der Waals surface area (Å²) in [4.78, 5) is 33.0. The molecule has 1 N–H and O–H groups in total. The Kier molecular flexibility index (Phi) is 7.62. The maximum absolute atomic E-state index is 13.7. The number of hydrogen-bond donors (Lipinski definition) is 1. The van der Waals surface area contributed by atoms with Crippen LogP contribution in [0.2, 0.25) is 0 Å². The first kappa shape index (κ1) is 27.6. The number of para-hydroxylation sites is 1. The van der Waals surface area contributed by atoms with Gasteiger partial charge >= 0.3 is 0 Å². The maximum Gasteiger partial charge on any atom is 0.296 e. The third-order valence-corrected chi connectivity index (χ3v) is 7.07. The van der Waals surface area contributed by atoms with Gasteiger partial charge in [-0.2, -0.15) is 0 Å². The van der Waals surface area contributed by atoms with Gasteiger partial charge in [0.05, 0.1) is 36.5 Å². The van der Waals surface area contributed by atoms with Crippen LogP contribution in [0.25, 0.3) is 5.76 Å². The zero-order valence-electron chi connectivity index (χ0n) is 23.5. The number of Topliss-reactive ketones (excluding diaryl/α,β-unsaturated/α-hetero) is 1. The maximum atomic E-state index is 13.7. The molecule has 1 atom stereocenters. The van der Waals surface area contributed by atoms with E-state index in [0.717, 1.165) is 5.56 Å². The zero-order chi connectivity index (χ0) is 29.1. The Hall–Kier alpha value is -4.91. The highest BCUT2D eigenvalue weighted by atomic mass is 16.5. The number of aromatic nitrogens is 1. The molecule has 1 fully saturated rings. The number of carbonyl (C=O) groups excluding carboxylic acids is 2. The van der Waals surface area contributed by atoms with Crippen LogP contribution in [0.3, 0.4) is 0 Å². The third kappa shape index (κ3) is 5.70. The second-order valence-electron chi connectivity index (χ2n) is 10.9. The monoisotopic (exact) mass is 548 g/mol. The van der Waals surface area contributed by atoms with Crippen molar-refractivity contribution in [3.63, 3.8) is 0 Å². The minimum atomic E-state index is -0.890. The summed E-state index contributed by atoms with van der Waals surface area (Å²) in [6.07, 6.45) is 1.64. The molecule has 7 heteroatoms. The van der Waals surface area contributed by atoms with Gasteiger partial charge in [0.1, 0.15) is 23.0 Å². The molecule has 1 aromatic heterocycles. The number of benzene rings is 3. The summed E-state index contributed by atoms with van der Waals surface area (Å²) in [7, 11) is 1.50. The lowest BCUT2D eigenvalue weighted by Gasteiger charge is -2.26. The van der Waals surface area contributed by atoms with Gasteiger partial charge in [-0.05, 0) is 65.1 Å². The number of amides is 1. The van der Waals surface area contributed by atoms with Gasteiger partial charge in [0.2, 0.25) is 0 Å². The number of ether oxygens (including phenoxy) is 2. The first-order chi connectivity index (χ1) is 19.7. The summed E-state index contributed by atoms with van der Waals surface area (Å²) >= 11 is 0. The van der Waals surface area contributed by atoms with Crippen molar-refractivity contribution in [1.82, 2.24) is 9.88 Å². The molecule has 2 heterocycles. The van der Waals surface area contributed by atoms with E-state index in [4.69, 9.17) is 9.47 Å². The van der Waals surface area contributed by atoms with Gasteiger partial charge in [-0.25, -0.2) is 0 Å². The van der Waals surface area contributed by atoms with Crippen LogP contribution in [-0.4, -0.2) is 33.8 Å². The van der Waals surface area contributed by atoms with Gasteiger partial charge in [-0.1, -0.05) is 63.2 Å². The number of methoxy groups -OCH3 is 1. The van der Waals surface area contributed by atoms with E-state index >= 15 is 0 Å². The van der Waals surface area contributed by atoms with Gasteiger partial charge in [0.25, 0.3) is 11.7 Å². The van der Waals surface area contributed by atoms with Crippen LogP contribution in [0.1, 0.15) is 49.2 Å². The normalized spacial score (nSPS) is 16.6. The van der Waals surface area contributed by atoms with E-state index in [9.17, 15) is 14.7 Å². The predicted molar refractivity (Wildman–Crippen MR) is 157 cm³/mol. The van der Waals surface area contributed by atoms with E-state index in [-0.39, 0.29) is 23.3 Å². The van der Waals surface area contributed by atoms with Crippen LogP contribution in [0.5, 0.6) is 17.2 Å². The number of nitrogens with zero attached hydrogens (tertiary/aromatic N) is 2. The Balaban J connectivity index is 1.67. The minimum Gasteiger partial charge on any atom is -0.507 e. The number of likely N-dealkylation sites (tertiary alicyclic amines) is 1. The minimum absolute atomic E-state index is 0.0212. The first-order valence-electron chi connectivity index (χ1n) is 13.4. The lowest BCUT2D eigenvalue weighted by molar-refractivity contribution is -0.140. The number of aliphatic hydroxyl groups excluding tert-OH is 1. The number of rotatable bonds is 7. The van der Waals surface area contributed by atoms with E-state index in [1.165, 1.54) is 12.0 Å². The Labute approximate surface area is 239 Å². The number of ketones is 1. The molecular formula is C34H32N2O5. The van der Waals surface area contributed by atoms with Crippen LogP contribution in [-0.2, 0) is 21.5 Å². The molecular weight excluding hydrogens is 516 g/mol. The van der Waals surface area contributed by atoms with E-state index in [0.29, 0.717) is 34.1 Å². The fourth-order valence-electron chi connectivity index (χ4n) is 4.93. The largest absolute Gasteiger partial charge is 0.507 e. The summed E-state index contributed by atoms with van der Waals surface area (Å²) in [5.41, 5.74) is 2.26. The molecule has 3 aromatic carbocycles. The second-order valence-corrected chi connectivity index (χ2v) is 10.9. The number of carbonyl (C=O) groups is 2. The highest BCUT2D eigenvalue weighted by Gasteiger charge is 2.46. The van der Waals surface area contributed by atoms with Crippen molar-refractivity contribution < 1.29 is 24.2 Å². The standard InChI is InChI=1S/C34H32N2O5/c1-34(2,3)23-16-17-28(40-4)27(20-23)31(37)29-30(36(33(39)32(29)38)21-24-12-8-9-18-35-24)22-11-10-15-26(19-22)41-25-13-6-5-7-14-25/h5-20,30,37H,21H2,1-4H3/b31-29+. The highest BCUT2D eigenvalue weighted by molar-refractivity contribution is 6.46. The molecule has 1 aliphatic heterocycles.